The van der Waals surface area contributed by atoms with Gasteiger partial charge in [-0.1, -0.05) is 60.7 Å². The van der Waals surface area contributed by atoms with Crippen molar-refractivity contribution in [1.29, 1.82) is 0 Å². The van der Waals surface area contributed by atoms with E-state index in [4.69, 9.17) is 15.2 Å². The fraction of sp³-hybridized carbons (Fsp3) is 0.269. The van der Waals surface area contributed by atoms with Crippen LogP contribution in [0.4, 0.5) is 5.82 Å². The number of aliphatic hydroxyl groups is 1. The normalized spacial score (nSPS) is 11.6. The van der Waals surface area contributed by atoms with Crippen molar-refractivity contribution in [3.05, 3.63) is 95.9 Å². The molecule has 0 fully saturated rings. The quantitative estimate of drug-likeness (QED) is 0.346. The van der Waals surface area contributed by atoms with Gasteiger partial charge in [0.2, 0.25) is 0 Å². The van der Waals surface area contributed by atoms with Gasteiger partial charge in [0.1, 0.15) is 17.5 Å². The van der Waals surface area contributed by atoms with E-state index in [1.54, 1.807) is 19.2 Å². The monoisotopic (exact) mass is 462 g/mol. The molecule has 0 bridgehead atoms. The summed E-state index contributed by atoms with van der Waals surface area (Å²) in [7, 11) is 1.70. The molecule has 1 unspecified atom stereocenters. The Bertz CT molecular complexity index is 1150. The summed E-state index contributed by atoms with van der Waals surface area (Å²) in [5.41, 5.74) is 9.05. The van der Waals surface area contributed by atoms with Crippen LogP contribution in [0, 0.1) is 0 Å². The first-order valence-electron chi connectivity index (χ1n) is 11.0. The van der Waals surface area contributed by atoms with Crippen LogP contribution in [0.1, 0.15) is 34.5 Å². The highest BCUT2D eigenvalue weighted by atomic mass is 16.5. The van der Waals surface area contributed by atoms with Gasteiger partial charge in [-0.2, -0.15) is 5.10 Å². The third-order valence-corrected chi connectivity index (χ3v) is 5.05. The summed E-state index contributed by atoms with van der Waals surface area (Å²) in [5, 5.41) is 14.1. The fourth-order valence-corrected chi connectivity index (χ4v) is 3.30. The third kappa shape index (κ3) is 7.48. The molecule has 0 saturated heterocycles. The van der Waals surface area contributed by atoms with Crippen LogP contribution in [0.5, 0.6) is 0 Å². The number of rotatable bonds is 10. The van der Waals surface area contributed by atoms with Crippen LogP contribution in [0.2, 0.25) is 0 Å². The summed E-state index contributed by atoms with van der Waals surface area (Å²) in [6.45, 7) is 1.33. The number of ketones is 1. The lowest BCUT2D eigenvalue weighted by atomic mass is 10.1. The molecule has 0 aliphatic carbocycles. The van der Waals surface area contributed by atoms with Gasteiger partial charge >= 0.3 is 0 Å². The molecule has 178 valence electrons. The number of hydrogen-bond donors (Lipinski definition) is 2. The molecule has 8 heteroatoms. The number of carbonyl (C=O) groups excluding carboxylic acids is 1. The second-order valence-corrected chi connectivity index (χ2v) is 7.70. The van der Waals surface area contributed by atoms with E-state index in [1.807, 2.05) is 60.7 Å². The maximum Gasteiger partial charge on any atom is 0.181 e. The predicted octanol–water partition coefficient (Wildman–Crippen LogP) is 3.69. The van der Waals surface area contributed by atoms with E-state index in [-0.39, 0.29) is 18.8 Å². The molecular formula is C26H30N4O4. The zero-order valence-corrected chi connectivity index (χ0v) is 19.2. The summed E-state index contributed by atoms with van der Waals surface area (Å²) < 4.78 is 11.9. The minimum Gasteiger partial charge on any atom is -0.391 e. The lowest BCUT2D eigenvalue weighted by molar-refractivity contribution is 0.0236. The molecule has 0 aliphatic heterocycles. The van der Waals surface area contributed by atoms with Gasteiger partial charge in [0.15, 0.2) is 11.6 Å². The number of Topliss-reactive ketones (excluding diaryl/α,β-unsaturated/α-hetero) is 1. The number of methoxy groups -OCH3 is 1. The molecule has 3 N–H and O–H groups in total. The number of nitrogens with zero attached hydrogens (tertiary/aromatic N) is 3. The van der Waals surface area contributed by atoms with E-state index in [9.17, 15) is 9.90 Å². The van der Waals surface area contributed by atoms with E-state index in [1.165, 1.54) is 16.4 Å². The van der Waals surface area contributed by atoms with Gasteiger partial charge in [-0.15, -0.1) is 0 Å². The molecular weight excluding hydrogens is 432 g/mol. The summed E-state index contributed by atoms with van der Waals surface area (Å²) in [5.74, 6) is 0.212. The van der Waals surface area contributed by atoms with Crippen LogP contribution in [-0.4, -0.2) is 45.3 Å². The Kier molecular flexibility index (Phi) is 9.72. The average Bonchev–Trinajstić information content (AvgIpc) is 3.30. The smallest absolute Gasteiger partial charge is 0.181 e. The molecule has 2 heterocycles. The van der Waals surface area contributed by atoms with Gasteiger partial charge in [0.05, 0.1) is 25.9 Å². The van der Waals surface area contributed by atoms with E-state index in [0.29, 0.717) is 36.7 Å². The summed E-state index contributed by atoms with van der Waals surface area (Å²) in [6.07, 6.45) is 1.14. The lowest BCUT2D eigenvalue weighted by Gasteiger charge is -2.11. The number of benzene rings is 2. The predicted molar refractivity (Wildman–Crippen MR) is 130 cm³/mol. The van der Waals surface area contributed by atoms with Gasteiger partial charge in [-0.25, -0.2) is 9.50 Å². The molecule has 0 amide bonds. The topological polar surface area (TPSA) is 112 Å². The van der Waals surface area contributed by atoms with Crippen LogP contribution < -0.4 is 5.73 Å². The summed E-state index contributed by atoms with van der Waals surface area (Å²) in [4.78, 5) is 16.2. The Morgan fingerprint density at radius 3 is 2.29 bits per heavy atom. The maximum absolute atomic E-state index is 12.4. The highest BCUT2D eigenvalue weighted by Gasteiger charge is 2.15. The number of anilines is 1. The zero-order valence-electron chi connectivity index (χ0n) is 19.2. The van der Waals surface area contributed by atoms with Crippen molar-refractivity contribution in [3.8, 4) is 0 Å². The standard InChI is InChI=1S/C18H20N4O3.C8H10O/c19-18-16-8-7-15(22(16)21-12-20-18)17(24)9-6-14(23)11-25-10-13-4-2-1-3-5-13;1-9-7-8-5-3-2-4-6-8/h1-5,7-8,12,14,23H,6,9-11H2,(H2,19,20,21);2-6H,7H2,1H3. The zero-order chi connectivity index (χ0) is 24.2. The number of nitrogens with two attached hydrogens (primary N) is 1. The van der Waals surface area contributed by atoms with Gasteiger partial charge in [0.25, 0.3) is 0 Å². The molecule has 0 aliphatic rings. The van der Waals surface area contributed by atoms with Crippen molar-refractivity contribution in [3.63, 3.8) is 0 Å². The van der Waals surface area contributed by atoms with Crippen molar-refractivity contribution in [2.24, 2.45) is 0 Å². The van der Waals surface area contributed by atoms with Gasteiger partial charge < -0.3 is 20.3 Å². The largest absolute Gasteiger partial charge is 0.391 e. The minimum absolute atomic E-state index is 0.111. The van der Waals surface area contributed by atoms with Crippen molar-refractivity contribution in [2.45, 2.75) is 32.2 Å². The molecule has 2 aromatic carbocycles. The Morgan fingerprint density at radius 2 is 1.65 bits per heavy atom. The van der Waals surface area contributed by atoms with Crippen LogP contribution >= 0.6 is 0 Å². The molecule has 8 nitrogen and oxygen atoms in total. The molecule has 1 atom stereocenters. The first kappa shape index (κ1) is 25.0. The first-order chi connectivity index (χ1) is 16.6. The third-order valence-electron chi connectivity index (χ3n) is 5.05. The Balaban J connectivity index is 0.000000302. The highest BCUT2D eigenvalue weighted by molar-refractivity contribution is 5.96. The van der Waals surface area contributed by atoms with E-state index in [2.05, 4.69) is 10.1 Å². The van der Waals surface area contributed by atoms with Gasteiger partial charge in [-0.3, -0.25) is 4.79 Å². The van der Waals surface area contributed by atoms with Crippen molar-refractivity contribution < 1.29 is 19.4 Å². The van der Waals surface area contributed by atoms with Crippen LogP contribution in [0.3, 0.4) is 0 Å². The number of hydrogen-bond acceptors (Lipinski definition) is 7. The number of nitrogen functional groups attached to an aromatic ring is 1. The number of aromatic nitrogens is 3. The fourth-order valence-electron chi connectivity index (χ4n) is 3.30. The van der Waals surface area contributed by atoms with Crippen LogP contribution in [0.15, 0.2) is 79.1 Å². The molecule has 2 aromatic heterocycles. The van der Waals surface area contributed by atoms with E-state index >= 15 is 0 Å². The maximum atomic E-state index is 12.4. The number of fused-ring (bicyclic) bond motifs is 1. The number of carbonyl (C=O) groups is 1. The van der Waals surface area contributed by atoms with Crippen molar-refractivity contribution >= 4 is 17.1 Å². The van der Waals surface area contributed by atoms with Crippen LogP contribution in [0.25, 0.3) is 5.52 Å². The van der Waals surface area contributed by atoms with Gasteiger partial charge in [-0.05, 0) is 29.7 Å². The lowest BCUT2D eigenvalue weighted by Crippen LogP contribution is -2.17. The first-order valence-corrected chi connectivity index (χ1v) is 11.0. The SMILES string of the molecule is COCc1ccccc1.Nc1ncnn2c(C(=O)CCC(O)COCc3ccccc3)ccc12. The molecule has 4 aromatic rings. The molecule has 0 saturated carbocycles. The van der Waals surface area contributed by atoms with Gasteiger partial charge in [0, 0.05) is 13.5 Å². The molecule has 0 spiro atoms. The Hall–Kier alpha value is -3.59. The summed E-state index contributed by atoms with van der Waals surface area (Å²) in [6, 6.07) is 23.2. The molecule has 34 heavy (non-hydrogen) atoms. The number of ether oxygens (including phenoxy) is 2. The average molecular weight is 463 g/mol. The van der Waals surface area contributed by atoms with Crippen LogP contribution in [-0.2, 0) is 22.7 Å². The molecule has 4 rings (SSSR count). The highest BCUT2D eigenvalue weighted by Crippen LogP contribution is 2.15. The second-order valence-electron chi connectivity index (χ2n) is 7.70. The minimum atomic E-state index is -0.696. The Morgan fingerprint density at radius 1 is 1.00 bits per heavy atom. The van der Waals surface area contributed by atoms with Crippen molar-refractivity contribution in [1.82, 2.24) is 14.6 Å². The van der Waals surface area contributed by atoms with Crippen molar-refractivity contribution in [2.75, 3.05) is 19.5 Å². The second kappa shape index (κ2) is 13.2. The Labute approximate surface area is 199 Å². The molecule has 0 radical (unpaired) electrons. The van der Waals surface area contributed by atoms with E-state index in [0.717, 1.165) is 5.56 Å². The van der Waals surface area contributed by atoms with E-state index < -0.39 is 6.10 Å². The number of aliphatic hydroxyl groups excluding tert-OH is 1. The summed E-state index contributed by atoms with van der Waals surface area (Å²) >= 11 is 0.